The van der Waals surface area contributed by atoms with E-state index >= 15 is 0 Å². The standard InChI is InChI=1S/C13H17N3OS/c1-14-8-12-9-15-13(18-12)16(2)10-5-4-6-11(7-10)17-3/h4-7,9,14H,8H2,1-3H3. The summed E-state index contributed by atoms with van der Waals surface area (Å²) in [7, 11) is 5.62. The highest BCUT2D eigenvalue weighted by Gasteiger charge is 2.09. The lowest BCUT2D eigenvalue weighted by Gasteiger charge is -2.16. The highest BCUT2D eigenvalue weighted by atomic mass is 32.1. The number of benzene rings is 1. The van der Waals surface area contributed by atoms with Gasteiger partial charge in [0.2, 0.25) is 0 Å². The first-order chi connectivity index (χ1) is 8.74. The van der Waals surface area contributed by atoms with Crippen molar-refractivity contribution < 1.29 is 4.74 Å². The van der Waals surface area contributed by atoms with Crippen LogP contribution in [0.5, 0.6) is 5.75 Å². The molecule has 0 bridgehead atoms. The lowest BCUT2D eigenvalue weighted by Crippen LogP contribution is -2.08. The van der Waals surface area contributed by atoms with E-state index in [-0.39, 0.29) is 0 Å². The van der Waals surface area contributed by atoms with E-state index in [0.29, 0.717) is 0 Å². The van der Waals surface area contributed by atoms with Crippen LogP contribution in [0.4, 0.5) is 10.8 Å². The fourth-order valence-electron chi connectivity index (χ4n) is 1.64. The minimum Gasteiger partial charge on any atom is -0.497 e. The lowest BCUT2D eigenvalue weighted by atomic mass is 10.3. The van der Waals surface area contributed by atoms with Crippen LogP contribution in [0.15, 0.2) is 30.5 Å². The number of hydrogen-bond acceptors (Lipinski definition) is 5. The number of hydrogen-bond donors (Lipinski definition) is 1. The molecule has 0 saturated carbocycles. The van der Waals surface area contributed by atoms with Crippen molar-refractivity contribution in [2.75, 3.05) is 26.1 Å². The molecule has 1 heterocycles. The Morgan fingerprint density at radius 3 is 3.00 bits per heavy atom. The molecule has 1 aromatic carbocycles. The molecule has 0 atom stereocenters. The van der Waals surface area contributed by atoms with Crippen molar-refractivity contribution in [3.8, 4) is 5.75 Å². The van der Waals surface area contributed by atoms with Crippen LogP contribution in [0, 0.1) is 0 Å². The van der Waals surface area contributed by atoms with Crippen molar-refractivity contribution in [1.29, 1.82) is 0 Å². The van der Waals surface area contributed by atoms with Gasteiger partial charge < -0.3 is 15.0 Å². The van der Waals surface area contributed by atoms with E-state index in [1.54, 1.807) is 18.4 Å². The second-order valence-corrected chi connectivity index (χ2v) is 4.99. The molecule has 2 rings (SSSR count). The van der Waals surface area contributed by atoms with E-state index in [4.69, 9.17) is 4.74 Å². The molecule has 0 saturated heterocycles. The summed E-state index contributed by atoms with van der Waals surface area (Å²) >= 11 is 1.69. The van der Waals surface area contributed by atoms with Gasteiger partial charge in [-0.2, -0.15) is 0 Å². The maximum Gasteiger partial charge on any atom is 0.189 e. The van der Waals surface area contributed by atoms with Crippen LogP contribution in [0.3, 0.4) is 0 Å². The van der Waals surface area contributed by atoms with Crippen molar-refractivity contribution >= 4 is 22.2 Å². The molecule has 18 heavy (non-hydrogen) atoms. The maximum atomic E-state index is 5.23. The highest BCUT2D eigenvalue weighted by molar-refractivity contribution is 7.15. The smallest absolute Gasteiger partial charge is 0.189 e. The van der Waals surface area contributed by atoms with Gasteiger partial charge in [0.05, 0.1) is 7.11 Å². The van der Waals surface area contributed by atoms with Crippen LogP contribution in [0.1, 0.15) is 4.88 Å². The molecule has 1 N–H and O–H groups in total. The number of rotatable bonds is 5. The first kappa shape index (κ1) is 12.9. The van der Waals surface area contributed by atoms with E-state index in [1.807, 2.05) is 44.6 Å². The SMILES string of the molecule is CNCc1cnc(N(C)c2cccc(OC)c2)s1. The maximum absolute atomic E-state index is 5.23. The van der Waals surface area contributed by atoms with E-state index in [2.05, 4.69) is 15.2 Å². The molecule has 0 aliphatic heterocycles. The third-order valence-electron chi connectivity index (χ3n) is 2.62. The van der Waals surface area contributed by atoms with Crippen LogP contribution >= 0.6 is 11.3 Å². The topological polar surface area (TPSA) is 37.4 Å². The molecule has 4 nitrogen and oxygen atoms in total. The summed E-state index contributed by atoms with van der Waals surface area (Å²) < 4.78 is 5.23. The van der Waals surface area contributed by atoms with Crippen molar-refractivity contribution in [2.24, 2.45) is 0 Å². The second kappa shape index (κ2) is 5.84. The van der Waals surface area contributed by atoms with Crippen LogP contribution < -0.4 is 15.0 Å². The average molecular weight is 263 g/mol. The number of nitrogens with zero attached hydrogens (tertiary/aromatic N) is 2. The predicted molar refractivity (Wildman–Crippen MR) is 75.9 cm³/mol. The molecule has 0 aliphatic carbocycles. The number of aromatic nitrogens is 1. The summed E-state index contributed by atoms with van der Waals surface area (Å²) in [5.41, 5.74) is 1.07. The summed E-state index contributed by atoms with van der Waals surface area (Å²) in [4.78, 5) is 7.72. The first-order valence-electron chi connectivity index (χ1n) is 5.71. The van der Waals surface area contributed by atoms with Crippen molar-refractivity contribution in [3.05, 3.63) is 35.3 Å². The molecule has 0 amide bonds. The number of methoxy groups -OCH3 is 1. The number of ether oxygens (including phenoxy) is 1. The van der Waals surface area contributed by atoms with Crippen LogP contribution in [-0.4, -0.2) is 26.2 Å². The molecule has 0 radical (unpaired) electrons. The first-order valence-corrected chi connectivity index (χ1v) is 6.53. The van der Waals surface area contributed by atoms with Gasteiger partial charge in [0, 0.05) is 36.4 Å². The summed E-state index contributed by atoms with van der Waals surface area (Å²) in [6, 6.07) is 7.96. The fourth-order valence-corrected chi connectivity index (χ4v) is 2.54. The minimum absolute atomic E-state index is 0.851. The minimum atomic E-state index is 0.851. The zero-order valence-corrected chi connectivity index (χ0v) is 11.6. The second-order valence-electron chi connectivity index (χ2n) is 3.90. The Bertz CT molecular complexity index is 512. The van der Waals surface area contributed by atoms with Gasteiger partial charge in [0.1, 0.15) is 5.75 Å². The van der Waals surface area contributed by atoms with Gasteiger partial charge in [-0.25, -0.2) is 4.98 Å². The van der Waals surface area contributed by atoms with Gasteiger partial charge in [0.15, 0.2) is 5.13 Å². The Morgan fingerprint density at radius 2 is 2.28 bits per heavy atom. The van der Waals surface area contributed by atoms with Crippen LogP contribution in [0.2, 0.25) is 0 Å². The Balaban J connectivity index is 2.20. The van der Waals surface area contributed by atoms with Crippen molar-refractivity contribution in [1.82, 2.24) is 10.3 Å². The zero-order valence-electron chi connectivity index (χ0n) is 10.8. The van der Waals surface area contributed by atoms with Gasteiger partial charge >= 0.3 is 0 Å². The van der Waals surface area contributed by atoms with Gasteiger partial charge in [-0.3, -0.25) is 0 Å². The van der Waals surface area contributed by atoms with E-state index in [1.165, 1.54) is 4.88 Å². The Kier molecular flexibility index (Phi) is 4.17. The summed E-state index contributed by atoms with van der Waals surface area (Å²) in [6.45, 7) is 0.851. The molecule has 0 fully saturated rings. The molecular weight excluding hydrogens is 246 g/mol. The quantitative estimate of drug-likeness (QED) is 0.900. The molecule has 2 aromatic rings. The van der Waals surface area contributed by atoms with E-state index in [9.17, 15) is 0 Å². The predicted octanol–water partition coefficient (Wildman–Crippen LogP) is 2.64. The van der Waals surface area contributed by atoms with E-state index < -0.39 is 0 Å². The third-order valence-corrected chi connectivity index (χ3v) is 3.69. The molecule has 96 valence electrons. The van der Waals surface area contributed by atoms with Crippen LogP contribution in [0.25, 0.3) is 0 Å². The normalized spacial score (nSPS) is 10.4. The molecule has 1 aromatic heterocycles. The average Bonchev–Trinajstić information content (AvgIpc) is 2.87. The van der Waals surface area contributed by atoms with Gasteiger partial charge in [-0.1, -0.05) is 6.07 Å². The summed E-state index contributed by atoms with van der Waals surface area (Å²) in [5.74, 6) is 0.853. The Morgan fingerprint density at radius 1 is 1.44 bits per heavy atom. The summed E-state index contributed by atoms with van der Waals surface area (Å²) in [6.07, 6.45) is 1.91. The van der Waals surface area contributed by atoms with Gasteiger partial charge in [0.25, 0.3) is 0 Å². The highest BCUT2D eigenvalue weighted by Crippen LogP contribution is 2.29. The lowest BCUT2D eigenvalue weighted by molar-refractivity contribution is 0.415. The molecule has 0 aliphatic rings. The summed E-state index contributed by atoms with van der Waals surface area (Å²) in [5, 5.41) is 4.11. The Labute approximate surface area is 111 Å². The van der Waals surface area contributed by atoms with Crippen LogP contribution in [-0.2, 0) is 6.54 Å². The number of anilines is 2. The van der Waals surface area contributed by atoms with E-state index in [0.717, 1.165) is 23.1 Å². The third kappa shape index (κ3) is 2.80. The Hall–Kier alpha value is -1.59. The molecule has 5 heteroatoms. The molecule has 0 unspecified atom stereocenters. The van der Waals surface area contributed by atoms with Gasteiger partial charge in [-0.05, 0) is 19.2 Å². The largest absolute Gasteiger partial charge is 0.497 e. The fraction of sp³-hybridized carbons (Fsp3) is 0.308. The molecular formula is C13H17N3OS. The number of thiazole rings is 1. The van der Waals surface area contributed by atoms with Gasteiger partial charge in [-0.15, -0.1) is 11.3 Å². The monoisotopic (exact) mass is 263 g/mol. The zero-order chi connectivity index (χ0) is 13.0. The number of nitrogens with one attached hydrogen (secondary N) is 1. The van der Waals surface area contributed by atoms with Crippen molar-refractivity contribution in [3.63, 3.8) is 0 Å². The van der Waals surface area contributed by atoms with Crippen molar-refractivity contribution in [2.45, 2.75) is 6.54 Å². The molecule has 0 spiro atoms.